The van der Waals surface area contributed by atoms with Gasteiger partial charge in [-0.3, -0.25) is 19.0 Å². The van der Waals surface area contributed by atoms with Crippen LogP contribution in [0.25, 0.3) is 10.9 Å². The molecule has 2 aromatic rings. The van der Waals surface area contributed by atoms with Crippen molar-refractivity contribution in [2.24, 2.45) is 0 Å². The van der Waals surface area contributed by atoms with Crippen LogP contribution in [0.1, 0.15) is 44.7 Å². The summed E-state index contributed by atoms with van der Waals surface area (Å²) < 4.78 is 78.8. The molecule has 0 bridgehead atoms. The number of carbonyl (C=O) groups is 2. The van der Waals surface area contributed by atoms with Crippen molar-refractivity contribution in [3.63, 3.8) is 0 Å². The predicted octanol–water partition coefficient (Wildman–Crippen LogP) is 1.15. The zero-order chi connectivity index (χ0) is 23.8. The molecule has 0 amide bonds. The summed E-state index contributed by atoms with van der Waals surface area (Å²) in [5.74, 6) is -3.90. The summed E-state index contributed by atoms with van der Waals surface area (Å²) in [4.78, 5) is 41.6. The molecule has 6 nitrogen and oxygen atoms in total. The molecule has 1 saturated carbocycles. The van der Waals surface area contributed by atoms with Crippen molar-refractivity contribution in [1.29, 1.82) is 0 Å². The second kappa shape index (κ2) is 4.80. The van der Waals surface area contributed by atoms with Crippen LogP contribution in [0.5, 0.6) is 0 Å². The summed E-state index contributed by atoms with van der Waals surface area (Å²) in [7, 11) is 0. The van der Waals surface area contributed by atoms with Crippen molar-refractivity contribution in [3.8, 4) is 0 Å². The van der Waals surface area contributed by atoms with Crippen LogP contribution >= 0.6 is 0 Å². The van der Waals surface area contributed by atoms with Crippen molar-refractivity contribution >= 4 is 28.2 Å². The molecule has 21 heavy (non-hydrogen) atoms. The number of hydrogen-bond donors (Lipinski definition) is 1. The third kappa shape index (κ3) is 2.12. The van der Waals surface area contributed by atoms with Crippen LogP contribution in [0, 0.1) is 6.85 Å². The summed E-state index contributed by atoms with van der Waals surface area (Å²) in [5.41, 5.74) is 2.94. The first-order valence-corrected chi connectivity index (χ1v) is 5.80. The fourth-order valence-electron chi connectivity index (χ4n) is 2.00. The third-order valence-corrected chi connectivity index (χ3v) is 2.95. The highest BCUT2D eigenvalue weighted by atomic mass is 16.2. The van der Waals surface area contributed by atoms with Crippen molar-refractivity contribution < 1.29 is 23.3 Å². The first kappa shape index (κ1) is 6.09. The van der Waals surface area contributed by atoms with Gasteiger partial charge in [-0.15, -0.1) is 0 Å². The standard InChI is InChI=1S/C15H15N3O3/c1-8-17-11-4-2-3-10(16)14(11)15(21)18(8)12-6-5-9(19)7-13(12)20/h2-4,12H,5-7,16H2,1H3/i1D3,2D,3D,4D,5D2,6D,12D. The molecular formula is C15H15N3O3. The minimum Gasteiger partial charge on any atom is -0.398 e. The molecule has 0 saturated heterocycles. The van der Waals surface area contributed by atoms with Gasteiger partial charge in [-0.1, -0.05) is 6.04 Å². The molecule has 0 aliphatic heterocycles. The van der Waals surface area contributed by atoms with Crippen LogP contribution < -0.4 is 11.3 Å². The molecule has 108 valence electrons. The molecule has 6 heteroatoms. The Kier molecular flexibility index (Phi) is 1.39. The van der Waals surface area contributed by atoms with E-state index in [2.05, 4.69) is 4.98 Å². The molecule has 2 unspecified atom stereocenters. The number of carbonyl (C=O) groups excluding carboxylic acids is 2. The third-order valence-electron chi connectivity index (χ3n) is 2.95. The number of nitrogens with two attached hydrogens (primary N) is 1. The number of nitrogen functional groups attached to an aromatic ring is 1. The highest BCUT2D eigenvalue weighted by Crippen LogP contribution is 2.24. The lowest BCUT2D eigenvalue weighted by atomic mass is 9.92. The van der Waals surface area contributed by atoms with Gasteiger partial charge in [-0.25, -0.2) is 4.98 Å². The number of aryl methyl sites for hydroxylation is 1. The van der Waals surface area contributed by atoms with Crippen LogP contribution in [0.4, 0.5) is 5.69 Å². The molecule has 1 aromatic carbocycles. The van der Waals surface area contributed by atoms with Gasteiger partial charge in [0.05, 0.1) is 28.8 Å². The van der Waals surface area contributed by atoms with E-state index < -0.39 is 89.7 Å². The average molecular weight is 295 g/mol. The SMILES string of the molecule is [2H]c1c([2H])c(N)c2c(=O)n(C3([2H])C(=O)CC(=O)C([2H])([2H])C3[2H])c(C([2H])([2H])[2H])nc2c1[2H]. The van der Waals surface area contributed by atoms with Crippen molar-refractivity contribution in [3.05, 3.63) is 34.3 Å². The Bertz CT molecular complexity index is 1220. The number of anilines is 1. The molecule has 1 heterocycles. The zero-order valence-corrected chi connectivity index (χ0v) is 10.5. The van der Waals surface area contributed by atoms with E-state index in [9.17, 15) is 14.4 Å². The van der Waals surface area contributed by atoms with Gasteiger partial charge in [-0.2, -0.15) is 0 Å². The first-order valence-electron chi connectivity index (χ1n) is 10.9. The molecule has 1 aliphatic rings. The number of benzene rings is 1. The Morgan fingerprint density at radius 1 is 1.52 bits per heavy atom. The maximum absolute atomic E-state index is 13.3. The summed E-state index contributed by atoms with van der Waals surface area (Å²) >= 11 is 0. The topological polar surface area (TPSA) is 95.0 Å². The highest BCUT2D eigenvalue weighted by Gasteiger charge is 2.30. The van der Waals surface area contributed by atoms with E-state index >= 15 is 0 Å². The maximum atomic E-state index is 13.3. The summed E-state index contributed by atoms with van der Waals surface area (Å²) in [5, 5.41) is -0.719. The van der Waals surface area contributed by atoms with Gasteiger partial charge in [0, 0.05) is 20.3 Å². The number of Topliss-reactive ketones (excluding diaryl/α,β-unsaturated/α-hetero) is 2. The van der Waals surface area contributed by atoms with Crippen LogP contribution in [-0.2, 0) is 9.59 Å². The Morgan fingerprint density at radius 3 is 3.10 bits per heavy atom. The minimum absolute atomic E-state index is 0.00542. The van der Waals surface area contributed by atoms with Gasteiger partial charge in [-0.05, 0) is 25.3 Å². The Morgan fingerprint density at radius 2 is 2.33 bits per heavy atom. The van der Waals surface area contributed by atoms with E-state index in [1.54, 1.807) is 0 Å². The van der Waals surface area contributed by atoms with Gasteiger partial charge in [0.2, 0.25) is 0 Å². The lowest BCUT2D eigenvalue weighted by Gasteiger charge is -2.24. The van der Waals surface area contributed by atoms with Crippen molar-refractivity contribution in [2.75, 3.05) is 5.73 Å². The minimum atomic E-state index is -3.28. The monoisotopic (exact) mass is 295 g/mol. The molecule has 0 spiro atoms. The van der Waals surface area contributed by atoms with E-state index in [0.29, 0.717) is 0 Å². The van der Waals surface area contributed by atoms with Gasteiger partial charge < -0.3 is 5.73 Å². The molecule has 1 aliphatic carbocycles. The van der Waals surface area contributed by atoms with Gasteiger partial charge in [0.1, 0.15) is 11.6 Å². The van der Waals surface area contributed by atoms with Crippen LogP contribution in [0.15, 0.2) is 22.9 Å². The smallest absolute Gasteiger partial charge is 0.264 e. The lowest BCUT2D eigenvalue weighted by molar-refractivity contribution is -0.132. The largest absolute Gasteiger partial charge is 0.398 e. The summed E-state index contributed by atoms with van der Waals surface area (Å²) in [6, 6.07) is -5.46. The molecular weight excluding hydrogens is 270 g/mol. The second-order valence-electron chi connectivity index (χ2n) is 4.29. The van der Waals surface area contributed by atoms with E-state index in [-0.39, 0.29) is 4.57 Å². The normalized spacial score (nSPS) is 36.1. The second-order valence-corrected chi connectivity index (χ2v) is 4.29. The quantitative estimate of drug-likeness (QED) is 0.629. The van der Waals surface area contributed by atoms with Gasteiger partial charge in [0.15, 0.2) is 5.78 Å². The molecule has 2 N–H and O–H groups in total. The average Bonchev–Trinajstić information content (AvgIpc) is 2.66. The van der Waals surface area contributed by atoms with E-state index in [4.69, 9.17) is 19.4 Å². The number of hydrogen-bond acceptors (Lipinski definition) is 5. The highest BCUT2D eigenvalue weighted by molar-refractivity contribution is 6.03. The summed E-state index contributed by atoms with van der Waals surface area (Å²) in [6.07, 6.45) is -6.76. The molecule has 0 radical (unpaired) electrons. The lowest BCUT2D eigenvalue weighted by Crippen LogP contribution is -2.36. The Hall–Kier alpha value is -2.50. The van der Waals surface area contributed by atoms with E-state index in [1.807, 2.05) is 0 Å². The number of rotatable bonds is 1. The fourth-order valence-corrected chi connectivity index (χ4v) is 2.00. The predicted molar refractivity (Wildman–Crippen MR) is 78.1 cm³/mol. The molecule has 3 rings (SSSR count). The van der Waals surface area contributed by atoms with Gasteiger partial charge >= 0.3 is 0 Å². The maximum Gasteiger partial charge on any atom is 0.264 e. The van der Waals surface area contributed by atoms with Crippen molar-refractivity contribution in [2.45, 2.75) is 32.1 Å². The fraction of sp³-hybridized carbons (Fsp3) is 0.333. The Labute approximate surface area is 134 Å². The van der Waals surface area contributed by atoms with Crippen LogP contribution in [0.2, 0.25) is 0 Å². The number of fused-ring (bicyclic) bond motifs is 1. The van der Waals surface area contributed by atoms with E-state index in [1.165, 1.54) is 0 Å². The first-order chi connectivity index (χ1) is 14.0. The van der Waals surface area contributed by atoms with Crippen LogP contribution in [0.3, 0.4) is 0 Å². The number of ketones is 2. The zero-order valence-electron chi connectivity index (χ0n) is 20.5. The molecule has 1 fully saturated rings. The number of nitrogens with zero attached hydrogens (tertiary/aromatic N) is 2. The van der Waals surface area contributed by atoms with Gasteiger partial charge in [0.25, 0.3) is 5.56 Å². The van der Waals surface area contributed by atoms with E-state index in [0.717, 1.165) is 0 Å². The van der Waals surface area contributed by atoms with Crippen LogP contribution in [-0.4, -0.2) is 21.1 Å². The molecule has 1 aromatic heterocycles. The Balaban J connectivity index is 2.59. The van der Waals surface area contributed by atoms with Crippen molar-refractivity contribution in [1.82, 2.24) is 9.55 Å². The molecule has 2 atom stereocenters. The summed E-state index contributed by atoms with van der Waals surface area (Å²) in [6.45, 7) is -3.28. The number of aromatic nitrogens is 2.